The van der Waals surface area contributed by atoms with Crippen LogP contribution in [-0.2, 0) is 6.54 Å². The fourth-order valence-electron chi connectivity index (χ4n) is 2.54. The summed E-state index contributed by atoms with van der Waals surface area (Å²) in [5, 5.41) is 7.24. The standard InChI is InChI=1S/C18H26N4O2/c1-13(2)8-16(9-19)21-18(23)15-10-20-22(12-15)11-14-4-6-17(24-3)7-5-14/h4-7,10,12-13,16H,8-9,11,19H2,1-3H3,(H,21,23). The molecule has 6 heteroatoms. The molecule has 0 saturated carbocycles. The zero-order valence-corrected chi connectivity index (χ0v) is 14.5. The van der Waals surface area contributed by atoms with E-state index in [0.717, 1.165) is 17.7 Å². The van der Waals surface area contributed by atoms with E-state index in [-0.39, 0.29) is 11.9 Å². The largest absolute Gasteiger partial charge is 0.497 e. The summed E-state index contributed by atoms with van der Waals surface area (Å²) in [7, 11) is 1.64. The maximum atomic E-state index is 12.3. The molecule has 0 spiro atoms. The van der Waals surface area contributed by atoms with Gasteiger partial charge < -0.3 is 15.8 Å². The number of carbonyl (C=O) groups excluding carboxylic acids is 1. The number of methoxy groups -OCH3 is 1. The summed E-state index contributed by atoms with van der Waals surface area (Å²) in [4.78, 5) is 12.3. The maximum Gasteiger partial charge on any atom is 0.254 e. The van der Waals surface area contributed by atoms with Crippen LogP contribution in [0, 0.1) is 5.92 Å². The van der Waals surface area contributed by atoms with Crippen molar-refractivity contribution >= 4 is 5.91 Å². The number of carbonyl (C=O) groups is 1. The summed E-state index contributed by atoms with van der Waals surface area (Å²) in [6.07, 6.45) is 4.20. The number of nitrogens with two attached hydrogens (primary N) is 1. The number of aromatic nitrogens is 2. The lowest BCUT2D eigenvalue weighted by molar-refractivity contribution is 0.0933. The van der Waals surface area contributed by atoms with Gasteiger partial charge in [-0.2, -0.15) is 5.10 Å². The Hall–Kier alpha value is -2.34. The number of amides is 1. The van der Waals surface area contributed by atoms with Gasteiger partial charge in [0.1, 0.15) is 5.75 Å². The Bertz CT molecular complexity index is 649. The highest BCUT2D eigenvalue weighted by atomic mass is 16.5. The monoisotopic (exact) mass is 330 g/mol. The first kappa shape index (κ1) is 18.0. The average molecular weight is 330 g/mol. The molecule has 1 unspecified atom stereocenters. The van der Waals surface area contributed by atoms with Crippen LogP contribution in [0.4, 0.5) is 0 Å². The van der Waals surface area contributed by atoms with Crippen LogP contribution in [0.3, 0.4) is 0 Å². The first-order chi connectivity index (χ1) is 11.5. The Morgan fingerprint density at radius 1 is 1.33 bits per heavy atom. The summed E-state index contributed by atoms with van der Waals surface area (Å²) in [5.74, 6) is 1.17. The van der Waals surface area contributed by atoms with E-state index >= 15 is 0 Å². The van der Waals surface area contributed by atoms with Gasteiger partial charge >= 0.3 is 0 Å². The number of nitrogens with zero attached hydrogens (tertiary/aromatic N) is 2. The first-order valence-electron chi connectivity index (χ1n) is 8.18. The minimum absolute atomic E-state index is 0.0116. The van der Waals surface area contributed by atoms with Crippen LogP contribution in [0.25, 0.3) is 0 Å². The fraction of sp³-hybridized carbons (Fsp3) is 0.444. The molecule has 0 aliphatic rings. The van der Waals surface area contributed by atoms with Crippen molar-refractivity contribution < 1.29 is 9.53 Å². The number of rotatable bonds is 8. The summed E-state index contributed by atoms with van der Waals surface area (Å²) in [6.45, 7) is 5.26. The smallest absolute Gasteiger partial charge is 0.254 e. The van der Waals surface area contributed by atoms with Gasteiger partial charge in [-0.15, -0.1) is 0 Å². The molecule has 0 fully saturated rings. The summed E-state index contributed by atoms with van der Waals surface area (Å²) < 4.78 is 6.89. The van der Waals surface area contributed by atoms with Crippen LogP contribution in [0.5, 0.6) is 5.75 Å². The zero-order chi connectivity index (χ0) is 17.5. The second-order valence-electron chi connectivity index (χ2n) is 6.31. The van der Waals surface area contributed by atoms with E-state index in [0.29, 0.717) is 24.6 Å². The van der Waals surface area contributed by atoms with Gasteiger partial charge in [-0.1, -0.05) is 26.0 Å². The van der Waals surface area contributed by atoms with Crippen molar-refractivity contribution in [3.8, 4) is 5.75 Å². The molecular weight excluding hydrogens is 304 g/mol. The second kappa shape index (κ2) is 8.49. The third-order valence-electron chi connectivity index (χ3n) is 3.77. The molecule has 3 N–H and O–H groups in total. The third kappa shape index (κ3) is 5.09. The lowest BCUT2D eigenvalue weighted by Crippen LogP contribution is -2.40. The molecule has 1 aromatic heterocycles. The molecule has 2 aromatic rings. The van der Waals surface area contributed by atoms with Crippen molar-refractivity contribution in [3.05, 3.63) is 47.8 Å². The van der Waals surface area contributed by atoms with Gasteiger partial charge in [0, 0.05) is 18.8 Å². The van der Waals surface area contributed by atoms with Crippen LogP contribution in [-0.4, -0.2) is 35.4 Å². The van der Waals surface area contributed by atoms with Crippen LogP contribution in [0.1, 0.15) is 36.2 Å². The van der Waals surface area contributed by atoms with Crippen LogP contribution in [0.2, 0.25) is 0 Å². The van der Waals surface area contributed by atoms with Crippen molar-refractivity contribution in [2.24, 2.45) is 11.7 Å². The molecule has 0 aliphatic carbocycles. The summed E-state index contributed by atoms with van der Waals surface area (Å²) in [5.41, 5.74) is 7.37. The maximum absolute atomic E-state index is 12.3. The SMILES string of the molecule is COc1ccc(Cn2cc(C(=O)NC(CN)CC(C)C)cn2)cc1. The van der Waals surface area contributed by atoms with Gasteiger partial charge in [0.05, 0.1) is 25.4 Å². The van der Waals surface area contributed by atoms with Crippen LogP contribution < -0.4 is 15.8 Å². The molecule has 1 amide bonds. The number of nitrogens with one attached hydrogen (secondary N) is 1. The molecule has 1 atom stereocenters. The molecular formula is C18H26N4O2. The van der Waals surface area contributed by atoms with Crippen molar-refractivity contribution in [2.45, 2.75) is 32.9 Å². The molecule has 1 aromatic carbocycles. The van der Waals surface area contributed by atoms with Crippen LogP contribution >= 0.6 is 0 Å². The van der Waals surface area contributed by atoms with Crippen molar-refractivity contribution in [3.63, 3.8) is 0 Å². The van der Waals surface area contributed by atoms with E-state index in [1.165, 1.54) is 0 Å². The Labute approximate surface area is 143 Å². The molecule has 2 rings (SSSR count). The normalized spacial score (nSPS) is 12.2. The number of hydrogen-bond donors (Lipinski definition) is 2. The molecule has 24 heavy (non-hydrogen) atoms. The van der Waals surface area contributed by atoms with Gasteiger partial charge in [0.2, 0.25) is 0 Å². The minimum atomic E-state index is -0.132. The molecule has 0 aliphatic heterocycles. The molecule has 6 nitrogen and oxygen atoms in total. The Morgan fingerprint density at radius 2 is 2.04 bits per heavy atom. The Balaban J connectivity index is 1.97. The third-order valence-corrected chi connectivity index (χ3v) is 3.77. The lowest BCUT2D eigenvalue weighted by Gasteiger charge is -2.18. The lowest BCUT2D eigenvalue weighted by atomic mass is 10.0. The van der Waals surface area contributed by atoms with Gasteiger partial charge in [0.15, 0.2) is 0 Å². The van der Waals surface area contributed by atoms with E-state index < -0.39 is 0 Å². The first-order valence-corrected chi connectivity index (χ1v) is 8.18. The second-order valence-corrected chi connectivity index (χ2v) is 6.31. The van der Waals surface area contributed by atoms with Gasteiger partial charge in [0.25, 0.3) is 5.91 Å². The summed E-state index contributed by atoms with van der Waals surface area (Å²) in [6, 6.07) is 7.76. The van der Waals surface area contributed by atoms with E-state index in [1.807, 2.05) is 24.3 Å². The highest BCUT2D eigenvalue weighted by molar-refractivity contribution is 5.93. The topological polar surface area (TPSA) is 82.2 Å². The van der Waals surface area contributed by atoms with Crippen molar-refractivity contribution in [1.29, 1.82) is 0 Å². The minimum Gasteiger partial charge on any atom is -0.497 e. The van der Waals surface area contributed by atoms with Gasteiger partial charge in [-0.05, 0) is 30.0 Å². The Kier molecular flexibility index (Phi) is 6.37. The van der Waals surface area contributed by atoms with E-state index in [1.54, 1.807) is 24.2 Å². The predicted molar refractivity (Wildman–Crippen MR) is 94.1 cm³/mol. The highest BCUT2D eigenvalue weighted by Crippen LogP contribution is 2.12. The van der Waals surface area contributed by atoms with E-state index in [9.17, 15) is 4.79 Å². The van der Waals surface area contributed by atoms with Crippen molar-refractivity contribution in [1.82, 2.24) is 15.1 Å². The van der Waals surface area contributed by atoms with E-state index in [2.05, 4.69) is 24.3 Å². The summed E-state index contributed by atoms with van der Waals surface area (Å²) >= 11 is 0. The molecule has 130 valence electrons. The molecule has 1 heterocycles. The average Bonchev–Trinajstić information content (AvgIpc) is 3.03. The molecule has 0 bridgehead atoms. The zero-order valence-electron chi connectivity index (χ0n) is 14.5. The Morgan fingerprint density at radius 3 is 2.62 bits per heavy atom. The highest BCUT2D eigenvalue weighted by Gasteiger charge is 2.15. The molecule has 0 radical (unpaired) electrons. The quantitative estimate of drug-likeness (QED) is 0.776. The van der Waals surface area contributed by atoms with Gasteiger partial charge in [-0.3, -0.25) is 9.48 Å². The number of benzene rings is 1. The van der Waals surface area contributed by atoms with E-state index in [4.69, 9.17) is 10.5 Å². The van der Waals surface area contributed by atoms with Crippen molar-refractivity contribution in [2.75, 3.05) is 13.7 Å². The van der Waals surface area contributed by atoms with Crippen LogP contribution in [0.15, 0.2) is 36.7 Å². The van der Waals surface area contributed by atoms with Gasteiger partial charge in [-0.25, -0.2) is 0 Å². The fourth-order valence-corrected chi connectivity index (χ4v) is 2.54. The predicted octanol–water partition coefficient (Wildman–Crippen LogP) is 2.04. The number of hydrogen-bond acceptors (Lipinski definition) is 4. The number of ether oxygens (including phenoxy) is 1. The molecule has 0 saturated heterocycles.